The Bertz CT molecular complexity index is 1850. The average molecular weight is 598 g/mol. The maximum Gasteiger partial charge on any atom is 0.405 e. The van der Waals surface area contributed by atoms with Crippen molar-refractivity contribution < 1.29 is 19.1 Å². The summed E-state index contributed by atoms with van der Waals surface area (Å²) in [5.74, 6) is 1.29. The van der Waals surface area contributed by atoms with Crippen molar-refractivity contribution in [1.82, 2.24) is 33.9 Å². The van der Waals surface area contributed by atoms with E-state index in [1.807, 2.05) is 37.9 Å². The number of carbonyl (C=O) groups excluding carboxylic acids is 1. The van der Waals surface area contributed by atoms with Gasteiger partial charge >= 0.3 is 6.09 Å². The maximum atomic E-state index is 13.5. The van der Waals surface area contributed by atoms with E-state index in [0.29, 0.717) is 24.4 Å². The minimum absolute atomic E-state index is 0.0154. The summed E-state index contributed by atoms with van der Waals surface area (Å²) in [6, 6.07) is 11.7. The first-order valence-electron chi connectivity index (χ1n) is 15.3. The van der Waals surface area contributed by atoms with Crippen molar-refractivity contribution in [1.29, 1.82) is 0 Å². The molecular formula is C33H36FN7O3. The first kappa shape index (κ1) is 28.1. The smallest absolute Gasteiger partial charge is 0.405 e. The van der Waals surface area contributed by atoms with Gasteiger partial charge in [0.2, 0.25) is 0 Å². The summed E-state index contributed by atoms with van der Waals surface area (Å²) >= 11 is 0. The van der Waals surface area contributed by atoms with Crippen molar-refractivity contribution in [2.75, 3.05) is 19.8 Å². The van der Waals surface area contributed by atoms with Crippen LogP contribution in [0.3, 0.4) is 0 Å². The molecule has 228 valence electrons. The lowest BCUT2D eigenvalue weighted by atomic mass is 9.97. The lowest BCUT2D eigenvalue weighted by molar-refractivity contribution is 0.0714. The first-order valence-corrected chi connectivity index (χ1v) is 15.3. The number of aryl methyl sites for hydroxylation is 3. The quantitative estimate of drug-likeness (QED) is 0.222. The van der Waals surface area contributed by atoms with Gasteiger partial charge in [-0.3, -0.25) is 4.79 Å². The van der Waals surface area contributed by atoms with E-state index in [1.54, 1.807) is 0 Å². The Morgan fingerprint density at radius 3 is 2.84 bits per heavy atom. The molecular weight excluding hydrogens is 561 g/mol. The third-order valence-electron chi connectivity index (χ3n) is 9.02. The number of nitrogens with zero attached hydrogens (tertiary/aromatic N) is 6. The van der Waals surface area contributed by atoms with Crippen molar-refractivity contribution in [2.45, 2.75) is 51.2 Å². The first-order chi connectivity index (χ1) is 21.4. The molecule has 1 saturated carbocycles. The van der Waals surface area contributed by atoms with E-state index in [-0.39, 0.29) is 12.5 Å². The molecule has 0 spiro atoms. The number of hydrogen-bond acceptors (Lipinski definition) is 4. The molecule has 2 aliphatic rings. The largest absolute Gasteiger partial charge is 0.465 e. The molecule has 44 heavy (non-hydrogen) atoms. The fourth-order valence-corrected chi connectivity index (χ4v) is 6.60. The van der Waals surface area contributed by atoms with Gasteiger partial charge in [0.15, 0.2) is 5.82 Å². The van der Waals surface area contributed by atoms with Crippen LogP contribution < -0.4 is 5.32 Å². The highest BCUT2D eigenvalue weighted by Gasteiger charge is 2.30. The van der Waals surface area contributed by atoms with E-state index in [1.165, 1.54) is 34.2 Å². The van der Waals surface area contributed by atoms with E-state index in [0.717, 1.165) is 54.0 Å². The zero-order valence-electron chi connectivity index (χ0n) is 24.7. The summed E-state index contributed by atoms with van der Waals surface area (Å²) < 4.78 is 20.2. The predicted molar refractivity (Wildman–Crippen MR) is 165 cm³/mol. The number of halogens is 1. The molecule has 1 fully saturated rings. The minimum Gasteiger partial charge on any atom is -0.465 e. The predicted octanol–water partition coefficient (Wildman–Crippen LogP) is 5.04. The molecule has 2 aromatic carbocycles. The maximum absolute atomic E-state index is 13.5. The number of para-hydroxylation sites is 1. The monoisotopic (exact) mass is 597 g/mol. The van der Waals surface area contributed by atoms with Gasteiger partial charge in [0, 0.05) is 56.6 Å². The lowest BCUT2D eigenvalue weighted by Gasteiger charge is -2.31. The van der Waals surface area contributed by atoms with Crippen LogP contribution in [0.2, 0.25) is 0 Å². The third kappa shape index (κ3) is 5.31. The molecule has 3 aromatic heterocycles. The molecule has 1 unspecified atom stereocenters. The van der Waals surface area contributed by atoms with Crippen LogP contribution in [0, 0.1) is 5.92 Å². The van der Waals surface area contributed by atoms with Gasteiger partial charge in [-0.1, -0.05) is 18.2 Å². The topological polar surface area (TPSA) is 110 Å². The molecule has 2 N–H and O–H groups in total. The minimum atomic E-state index is -1.30. The summed E-state index contributed by atoms with van der Waals surface area (Å²) in [6.45, 7) is 1.37. The van der Waals surface area contributed by atoms with Crippen LogP contribution in [-0.2, 0) is 33.0 Å². The van der Waals surface area contributed by atoms with Crippen LogP contribution in [0.1, 0.15) is 40.7 Å². The SMILES string of the molecule is Cn1c(-c2cc3cccc(CCCn4ccnc4)c3n2CC2CC2)nc2cc3c(cc21)CCN(CC(CF)NC(=O)O)C3=O. The molecule has 1 aliphatic heterocycles. The van der Waals surface area contributed by atoms with E-state index in [2.05, 4.69) is 48.3 Å². The van der Waals surface area contributed by atoms with Crippen LogP contribution >= 0.6 is 0 Å². The molecule has 1 aliphatic carbocycles. The Balaban J connectivity index is 1.23. The van der Waals surface area contributed by atoms with Crippen molar-refractivity contribution in [3.8, 4) is 11.5 Å². The Morgan fingerprint density at radius 2 is 2.09 bits per heavy atom. The number of carbonyl (C=O) groups is 2. The number of rotatable bonds is 11. The van der Waals surface area contributed by atoms with E-state index >= 15 is 0 Å². The summed E-state index contributed by atoms with van der Waals surface area (Å²) in [4.78, 5) is 35.3. The van der Waals surface area contributed by atoms with Crippen molar-refractivity contribution in [3.05, 3.63) is 71.8 Å². The number of hydrogen-bond donors (Lipinski definition) is 2. The number of benzene rings is 2. The van der Waals surface area contributed by atoms with Crippen molar-refractivity contribution in [2.24, 2.45) is 13.0 Å². The van der Waals surface area contributed by atoms with Gasteiger partial charge in [0.25, 0.3) is 5.91 Å². The van der Waals surface area contributed by atoms with Crippen molar-refractivity contribution in [3.63, 3.8) is 0 Å². The molecule has 4 heterocycles. The Morgan fingerprint density at radius 1 is 1.23 bits per heavy atom. The lowest BCUT2D eigenvalue weighted by Crippen LogP contribution is -2.48. The van der Waals surface area contributed by atoms with Gasteiger partial charge in [-0.2, -0.15) is 0 Å². The third-order valence-corrected chi connectivity index (χ3v) is 9.02. The molecule has 10 nitrogen and oxygen atoms in total. The Labute approximate surface area is 254 Å². The van der Waals surface area contributed by atoms with Crippen LogP contribution in [0.5, 0.6) is 0 Å². The van der Waals surface area contributed by atoms with Crippen molar-refractivity contribution >= 4 is 33.9 Å². The number of carboxylic acid groups (broad SMARTS) is 1. The molecule has 7 rings (SSSR count). The zero-order valence-corrected chi connectivity index (χ0v) is 24.7. The normalized spacial score (nSPS) is 15.7. The van der Waals surface area contributed by atoms with Gasteiger partial charge in [-0.25, -0.2) is 19.2 Å². The van der Waals surface area contributed by atoms with Crippen LogP contribution in [0.15, 0.2) is 55.1 Å². The molecule has 0 saturated heterocycles. The summed E-state index contributed by atoms with van der Waals surface area (Å²) in [6.07, 6.45) is 9.43. The molecule has 11 heteroatoms. The number of alkyl halides is 1. The standard InChI is InChI=1S/C33H36FN7O3/c1-38-28-14-23-9-12-40(19-25(17-34)36-33(43)44)32(42)26(23)16-27(28)37-31(38)29-15-24-5-2-4-22(6-3-11-39-13-10-35-20-39)30(24)41(29)18-21-7-8-21/h2,4-5,10,13-16,20-21,25,36H,3,6-9,11-12,17-19H2,1H3,(H,43,44). The highest BCUT2D eigenvalue weighted by atomic mass is 19.1. The number of imidazole rings is 2. The highest BCUT2D eigenvalue weighted by Crippen LogP contribution is 2.38. The van der Waals surface area contributed by atoms with E-state index in [9.17, 15) is 14.0 Å². The molecule has 2 amide bonds. The number of amides is 2. The second kappa shape index (κ2) is 11.4. The fraction of sp³-hybridized carbons (Fsp3) is 0.394. The number of nitrogens with one attached hydrogen (secondary N) is 1. The Hall–Kier alpha value is -4.67. The second-order valence-electron chi connectivity index (χ2n) is 12.1. The van der Waals surface area contributed by atoms with Gasteiger partial charge in [0.1, 0.15) is 6.67 Å². The fourth-order valence-electron chi connectivity index (χ4n) is 6.60. The van der Waals surface area contributed by atoms with Crippen LogP contribution in [-0.4, -0.2) is 71.5 Å². The molecule has 1 atom stereocenters. The van der Waals surface area contributed by atoms with Crippen LogP contribution in [0.25, 0.3) is 33.5 Å². The molecule has 5 aromatic rings. The number of fused-ring (bicyclic) bond motifs is 3. The molecule has 0 bridgehead atoms. The van der Waals surface area contributed by atoms with E-state index < -0.39 is 18.8 Å². The highest BCUT2D eigenvalue weighted by molar-refractivity contribution is 6.01. The Kier molecular flexibility index (Phi) is 7.31. The van der Waals surface area contributed by atoms with E-state index in [4.69, 9.17) is 10.1 Å². The molecule has 0 radical (unpaired) electrons. The summed E-state index contributed by atoms with van der Waals surface area (Å²) in [5, 5.41) is 12.4. The number of aromatic nitrogens is 5. The second-order valence-corrected chi connectivity index (χ2v) is 12.1. The van der Waals surface area contributed by atoms with Gasteiger partial charge < -0.3 is 29.0 Å². The van der Waals surface area contributed by atoms with Crippen LogP contribution in [0.4, 0.5) is 9.18 Å². The zero-order chi connectivity index (χ0) is 30.4. The summed E-state index contributed by atoms with van der Waals surface area (Å²) in [7, 11) is 2.03. The summed E-state index contributed by atoms with van der Waals surface area (Å²) in [5.41, 5.74) is 6.83. The van der Waals surface area contributed by atoms with Gasteiger partial charge in [-0.05, 0) is 67.3 Å². The van der Waals surface area contributed by atoms with Gasteiger partial charge in [-0.15, -0.1) is 0 Å². The van der Waals surface area contributed by atoms with Gasteiger partial charge in [0.05, 0.1) is 34.6 Å². The average Bonchev–Trinajstić information content (AvgIpc) is 3.38.